The van der Waals surface area contributed by atoms with E-state index in [1.807, 2.05) is 52.0 Å². The molecule has 5 nitrogen and oxygen atoms in total. The molecule has 2 aromatic rings. The molecule has 0 atom stereocenters. The van der Waals surface area contributed by atoms with Crippen molar-refractivity contribution in [3.63, 3.8) is 0 Å². The van der Waals surface area contributed by atoms with Crippen LogP contribution in [-0.2, 0) is 4.74 Å². The molecule has 0 saturated heterocycles. The van der Waals surface area contributed by atoms with Crippen molar-refractivity contribution in [3.8, 4) is 0 Å². The zero-order valence-corrected chi connectivity index (χ0v) is 15.5. The van der Waals surface area contributed by atoms with Gasteiger partial charge in [0.15, 0.2) is 0 Å². The summed E-state index contributed by atoms with van der Waals surface area (Å²) in [5, 5.41) is 7.57. The highest BCUT2D eigenvalue weighted by Crippen LogP contribution is 2.44. The van der Waals surface area contributed by atoms with Crippen molar-refractivity contribution in [1.29, 1.82) is 0 Å². The second kappa shape index (κ2) is 6.80. The van der Waals surface area contributed by atoms with Gasteiger partial charge in [-0.05, 0) is 57.5 Å². The Morgan fingerprint density at radius 1 is 1.12 bits per heavy atom. The summed E-state index contributed by atoms with van der Waals surface area (Å²) < 4.78 is 5.18. The third-order valence-corrected chi connectivity index (χ3v) is 4.64. The molecule has 130 valence electrons. The van der Waals surface area contributed by atoms with Gasteiger partial charge in [-0.15, -0.1) is 0 Å². The predicted molar refractivity (Wildman–Crippen MR) is 102 cm³/mol. The Labute approximate surface area is 151 Å². The van der Waals surface area contributed by atoms with Crippen molar-refractivity contribution in [2.24, 2.45) is 5.10 Å². The van der Waals surface area contributed by atoms with Crippen LogP contribution in [0.3, 0.4) is 0 Å². The van der Waals surface area contributed by atoms with Crippen LogP contribution in [0.15, 0.2) is 57.4 Å². The SMILES string of the molecule is C/C(=N\NC(=O)OC(C)(C)C)c1ccc2c(c1)Nc1ccccc1S2. The molecule has 1 aliphatic heterocycles. The van der Waals surface area contributed by atoms with E-state index in [9.17, 15) is 4.79 Å². The molecule has 0 aromatic heterocycles. The van der Waals surface area contributed by atoms with Gasteiger partial charge < -0.3 is 10.1 Å². The molecule has 0 bridgehead atoms. The van der Waals surface area contributed by atoms with Crippen molar-refractivity contribution in [2.75, 3.05) is 5.32 Å². The number of benzene rings is 2. The molecule has 1 heterocycles. The molecule has 0 radical (unpaired) electrons. The lowest BCUT2D eigenvalue weighted by Gasteiger charge is -2.21. The maximum absolute atomic E-state index is 11.7. The Kier molecular flexibility index (Phi) is 4.72. The minimum atomic E-state index is -0.563. The Balaban J connectivity index is 1.74. The molecular weight excluding hydrogens is 334 g/mol. The zero-order chi connectivity index (χ0) is 18.0. The first-order valence-corrected chi connectivity index (χ1v) is 8.85. The number of ether oxygens (including phenoxy) is 1. The Bertz CT molecular complexity index is 841. The smallest absolute Gasteiger partial charge is 0.428 e. The largest absolute Gasteiger partial charge is 0.443 e. The van der Waals surface area contributed by atoms with Gasteiger partial charge in [0, 0.05) is 9.79 Å². The lowest BCUT2D eigenvalue weighted by atomic mass is 10.1. The number of amides is 1. The molecule has 2 N–H and O–H groups in total. The molecule has 0 saturated carbocycles. The average Bonchev–Trinajstić information content (AvgIpc) is 2.55. The van der Waals surface area contributed by atoms with E-state index in [-0.39, 0.29) is 0 Å². The molecule has 1 amide bonds. The average molecular weight is 355 g/mol. The summed E-state index contributed by atoms with van der Waals surface area (Å²) in [4.78, 5) is 14.1. The monoisotopic (exact) mass is 355 g/mol. The van der Waals surface area contributed by atoms with Gasteiger partial charge in [0.2, 0.25) is 0 Å². The van der Waals surface area contributed by atoms with Crippen molar-refractivity contribution in [2.45, 2.75) is 43.1 Å². The van der Waals surface area contributed by atoms with Crippen LogP contribution in [0, 0.1) is 0 Å². The van der Waals surface area contributed by atoms with Crippen molar-refractivity contribution in [3.05, 3.63) is 48.0 Å². The third kappa shape index (κ3) is 4.33. The van der Waals surface area contributed by atoms with Crippen LogP contribution in [0.4, 0.5) is 16.2 Å². The van der Waals surface area contributed by atoms with Crippen molar-refractivity contribution >= 4 is 34.9 Å². The number of hydrazone groups is 1. The predicted octanol–water partition coefficient (Wildman–Crippen LogP) is 5.14. The summed E-state index contributed by atoms with van der Waals surface area (Å²) in [7, 11) is 0. The topological polar surface area (TPSA) is 62.7 Å². The Hall–Kier alpha value is -2.47. The van der Waals surface area contributed by atoms with E-state index < -0.39 is 11.7 Å². The van der Waals surface area contributed by atoms with E-state index >= 15 is 0 Å². The normalized spacial score (nSPS) is 13.4. The summed E-state index contributed by atoms with van der Waals surface area (Å²) in [6.07, 6.45) is -0.563. The number of hydrogen-bond acceptors (Lipinski definition) is 5. The lowest BCUT2D eigenvalue weighted by molar-refractivity contribution is 0.0529. The van der Waals surface area contributed by atoms with Gasteiger partial charge >= 0.3 is 6.09 Å². The standard InChI is InChI=1S/C19H21N3O2S/c1-12(21-22-18(23)24-19(2,3)4)13-9-10-17-15(11-13)20-14-7-5-6-8-16(14)25-17/h5-11,20H,1-4H3,(H,22,23)/b21-12+. The first-order chi connectivity index (χ1) is 11.8. The number of nitrogens with one attached hydrogen (secondary N) is 2. The number of nitrogens with zero attached hydrogens (tertiary/aromatic N) is 1. The lowest BCUT2D eigenvalue weighted by Crippen LogP contribution is -2.30. The maximum atomic E-state index is 11.7. The van der Waals surface area contributed by atoms with E-state index in [1.54, 1.807) is 11.8 Å². The van der Waals surface area contributed by atoms with E-state index in [1.165, 1.54) is 4.90 Å². The van der Waals surface area contributed by atoms with Crippen LogP contribution in [0.1, 0.15) is 33.3 Å². The Morgan fingerprint density at radius 3 is 2.60 bits per heavy atom. The van der Waals surface area contributed by atoms with Gasteiger partial charge in [0.05, 0.1) is 17.1 Å². The molecule has 2 aromatic carbocycles. The highest BCUT2D eigenvalue weighted by molar-refractivity contribution is 7.99. The molecule has 0 unspecified atom stereocenters. The van der Waals surface area contributed by atoms with Gasteiger partial charge in [0.1, 0.15) is 5.60 Å². The summed E-state index contributed by atoms with van der Waals surface area (Å²) in [5.74, 6) is 0. The summed E-state index contributed by atoms with van der Waals surface area (Å²) in [5.41, 5.74) is 5.66. The number of carbonyl (C=O) groups is 1. The zero-order valence-electron chi connectivity index (χ0n) is 14.7. The van der Waals surface area contributed by atoms with Gasteiger partial charge in [-0.1, -0.05) is 30.0 Å². The molecule has 1 aliphatic rings. The molecule has 3 rings (SSSR count). The molecule has 0 fully saturated rings. The number of fused-ring (bicyclic) bond motifs is 2. The van der Waals surface area contributed by atoms with Gasteiger partial charge in [0.25, 0.3) is 0 Å². The first-order valence-electron chi connectivity index (χ1n) is 8.03. The number of carbonyl (C=O) groups excluding carboxylic acids is 1. The summed E-state index contributed by atoms with van der Waals surface area (Å²) in [6, 6.07) is 14.3. The van der Waals surface area contributed by atoms with E-state index in [0.717, 1.165) is 21.8 Å². The number of para-hydroxylation sites is 1. The maximum Gasteiger partial charge on any atom is 0.428 e. The fourth-order valence-electron chi connectivity index (χ4n) is 2.36. The summed E-state index contributed by atoms with van der Waals surface area (Å²) in [6.45, 7) is 7.29. The van der Waals surface area contributed by atoms with Crippen molar-refractivity contribution < 1.29 is 9.53 Å². The van der Waals surface area contributed by atoms with Crippen LogP contribution in [0.2, 0.25) is 0 Å². The number of rotatable bonds is 2. The minimum Gasteiger partial charge on any atom is -0.443 e. The molecule has 0 aliphatic carbocycles. The highest BCUT2D eigenvalue weighted by atomic mass is 32.2. The molecule has 0 spiro atoms. The number of anilines is 2. The van der Waals surface area contributed by atoms with Crippen molar-refractivity contribution in [1.82, 2.24) is 5.43 Å². The molecular formula is C19H21N3O2S. The second-order valence-corrected chi connectivity index (χ2v) is 7.83. The van der Waals surface area contributed by atoms with Gasteiger partial charge in [-0.3, -0.25) is 0 Å². The van der Waals surface area contributed by atoms with Gasteiger partial charge in [-0.2, -0.15) is 5.10 Å². The first kappa shape index (κ1) is 17.4. The second-order valence-electron chi connectivity index (χ2n) is 6.75. The van der Waals surface area contributed by atoms with Crippen LogP contribution in [0.5, 0.6) is 0 Å². The fourth-order valence-corrected chi connectivity index (χ4v) is 3.33. The van der Waals surface area contributed by atoms with Crippen LogP contribution in [0.25, 0.3) is 0 Å². The fraction of sp³-hybridized carbons (Fsp3) is 0.263. The van der Waals surface area contributed by atoms with Crippen LogP contribution in [-0.4, -0.2) is 17.4 Å². The molecule has 25 heavy (non-hydrogen) atoms. The van der Waals surface area contributed by atoms with E-state index in [2.05, 4.69) is 34.0 Å². The van der Waals surface area contributed by atoms with Crippen LogP contribution >= 0.6 is 11.8 Å². The van der Waals surface area contributed by atoms with Gasteiger partial charge in [-0.25, -0.2) is 10.2 Å². The van der Waals surface area contributed by atoms with Crippen LogP contribution < -0.4 is 10.7 Å². The summed E-state index contributed by atoms with van der Waals surface area (Å²) >= 11 is 1.74. The third-order valence-electron chi connectivity index (χ3n) is 3.49. The van der Waals surface area contributed by atoms with E-state index in [4.69, 9.17) is 4.74 Å². The highest BCUT2D eigenvalue weighted by Gasteiger charge is 2.17. The Morgan fingerprint density at radius 2 is 1.84 bits per heavy atom. The molecule has 6 heteroatoms. The van der Waals surface area contributed by atoms with E-state index in [0.29, 0.717) is 5.71 Å². The minimum absolute atomic E-state index is 0.548. The quantitative estimate of drug-likeness (QED) is 0.493. The number of hydrogen-bond donors (Lipinski definition) is 2.